The van der Waals surface area contributed by atoms with Gasteiger partial charge in [0.1, 0.15) is 5.54 Å². The number of non-ortho nitro benzene ring substituents is 1. The zero-order valence-electron chi connectivity index (χ0n) is 14.8. The fraction of sp³-hybridized carbons (Fsp3) is 0.176. The molecule has 1 heterocycles. The normalized spacial score (nSPS) is 19.1. The largest absolute Gasteiger partial charge is 0.322 e. The molecule has 146 valence electrons. The van der Waals surface area contributed by atoms with Gasteiger partial charge >= 0.3 is 6.03 Å². The minimum Gasteiger partial charge on any atom is -0.320 e. The molecule has 3 rings (SSSR count). The van der Waals surface area contributed by atoms with Crippen molar-refractivity contribution in [1.82, 2.24) is 10.6 Å². The van der Waals surface area contributed by atoms with Crippen LogP contribution >= 0.6 is 0 Å². The lowest BCUT2D eigenvalue weighted by Crippen LogP contribution is -2.40. The number of nitrogens with one attached hydrogen (secondary N) is 3. The molecule has 0 radical (unpaired) electrons. The highest BCUT2D eigenvalue weighted by Crippen LogP contribution is 2.27. The standard InChI is InChI=1S/C17H16N4O6S/c1-10-3-8-13(21(24)25)9-14(10)28(26,27)20-12-6-4-11(5-7-12)17(2)15(22)18-16(23)19-17/h3-9,20H,1-2H3,(H2,18,19,22,23)/t17-/m1/s1. The van der Waals surface area contributed by atoms with Gasteiger partial charge in [-0.05, 0) is 37.1 Å². The first-order valence-electron chi connectivity index (χ1n) is 8.05. The maximum absolute atomic E-state index is 12.6. The van der Waals surface area contributed by atoms with E-state index in [1.807, 2.05) is 0 Å². The van der Waals surface area contributed by atoms with Crippen LogP contribution < -0.4 is 15.4 Å². The maximum Gasteiger partial charge on any atom is 0.322 e. The van der Waals surface area contributed by atoms with E-state index in [2.05, 4.69) is 15.4 Å². The highest BCUT2D eigenvalue weighted by atomic mass is 32.2. The molecule has 11 heteroatoms. The number of nitro benzene ring substituents is 1. The number of amides is 3. The summed E-state index contributed by atoms with van der Waals surface area (Å²) in [5.74, 6) is -0.516. The minimum atomic E-state index is -4.07. The molecule has 1 aliphatic heterocycles. The average Bonchev–Trinajstić information content (AvgIpc) is 2.88. The first-order valence-corrected chi connectivity index (χ1v) is 9.53. The van der Waals surface area contributed by atoms with E-state index in [9.17, 15) is 28.1 Å². The van der Waals surface area contributed by atoms with Crippen LogP contribution in [-0.4, -0.2) is 25.3 Å². The van der Waals surface area contributed by atoms with Gasteiger partial charge in [0.05, 0.1) is 9.82 Å². The van der Waals surface area contributed by atoms with Crippen LogP contribution in [0.15, 0.2) is 47.4 Å². The van der Waals surface area contributed by atoms with Crippen molar-refractivity contribution in [3.8, 4) is 0 Å². The van der Waals surface area contributed by atoms with E-state index in [1.54, 1.807) is 0 Å². The van der Waals surface area contributed by atoms with Crippen LogP contribution in [0, 0.1) is 17.0 Å². The number of urea groups is 1. The molecule has 0 spiro atoms. The number of hydrogen-bond donors (Lipinski definition) is 3. The van der Waals surface area contributed by atoms with Crippen LogP contribution in [0.1, 0.15) is 18.1 Å². The second kappa shape index (κ2) is 6.60. The maximum atomic E-state index is 12.6. The van der Waals surface area contributed by atoms with E-state index in [0.717, 1.165) is 6.07 Å². The number of anilines is 1. The number of hydrogen-bond acceptors (Lipinski definition) is 6. The SMILES string of the molecule is Cc1ccc([N+](=O)[O-])cc1S(=O)(=O)Nc1ccc([C@@]2(C)NC(=O)NC2=O)cc1. The van der Waals surface area contributed by atoms with Crippen molar-refractivity contribution in [3.63, 3.8) is 0 Å². The van der Waals surface area contributed by atoms with Crippen molar-refractivity contribution in [2.75, 3.05) is 4.72 Å². The fourth-order valence-corrected chi connectivity index (χ4v) is 4.14. The lowest BCUT2D eigenvalue weighted by Gasteiger charge is -2.21. The van der Waals surface area contributed by atoms with E-state index < -0.39 is 32.4 Å². The van der Waals surface area contributed by atoms with E-state index in [-0.39, 0.29) is 16.3 Å². The highest BCUT2D eigenvalue weighted by molar-refractivity contribution is 7.92. The monoisotopic (exact) mass is 404 g/mol. The van der Waals surface area contributed by atoms with E-state index in [0.29, 0.717) is 11.1 Å². The Hall–Kier alpha value is -3.47. The average molecular weight is 404 g/mol. The van der Waals surface area contributed by atoms with Gasteiger partial charge in [-0.1, -0.05) is 18.2 Å². The number of benzene rings is 2. The molecular formula is C17H16N4O6S. The number of nitrogens with zero attached hydrogens (tertiary/aromatic N) is 1. The lowest BCUT2D eigenvalue weighted by atomic mass is 9.92. The third kappa shape index (κ3) is 3.39. The first-order chi connectivity index (χ1) is 13.0. The van der Waals surface area contributed by atoms with Crippen LogP contribution in [0.2, 0.25) is 0 Å². The third-order valence-corrected chi connectivity index (χ3v) is 5.95. The van der Waals surface area contributed by atoms with Gasteiger partial charge in [0.2, 0.25) is 0 Å². The number of rotatable bonds is 5. The minimum absolute atomic E-state index is 0.197. The molecule has 1 atom stereocenters. The zero-order chi connectivity index (χ0) is 20.7. The molecule has 0 saturated carbocycles. The summed E-state index contributed by atoms with van der Waals surface area (Å²) in [5.41, 5.74) is -0.580. The molecule has 0 aromatic heterocycles. The highest BCUT2D eigenvalue weighted by Gasteiger charge is 2.43. The van der Waals surface area contributed by atoms with Crippen LogP contribution in [0.5, 0.6) is 0 Å². The molecule has 1 aliphatic rings. The molecule has 10 nitrogen and oxygen atoms in total. The molecule has 1 saturated heterocycles. The van der Waals surface area contributed by atoms with Gasteiger partial charge in [-0.15, -0.1) is 0 Å². The Bertz CT molecular complexity index is 1100. The summed E-state index contributed by atoms with van der Waals surface area (Å²) in [5, 5.41) is 15.6. The Morgan fingerprint density at radius 1 is 1.11 bits per heavy atom. The van der Waals surface area contributed by atoms with Crippen LogP contribution in [0.4, 0.5) is 16.2 Å². The molecule has 1 fully saturated rings. The van der Waals surface area contributed by atoms with Gasteiger partial charge in [0.25, 0.3) is 21.6 Å². The smallest absolute Gasteiger partial charge is 0.320 e. The van der Waals surface area contributed by atoms with Gasteiger partial charge in [-0.3, -0.25) is 24.9 Å². The summed E-state index contributed by atoms with van der Waals surface area (Å²) < 4.78 is 27.6. The lowest BCUT2D eigenvalue weighted by molar-refractivity contribution is -0.385. The number of imide groups is 1. The second-order valence-corrected chi connectivity index (χ2v) is 8.07. The Morgan fingerprint density at radius 2 is 1.75 bits per heavy atom. The Morgan fingerprint density at radius 3 is 2.29 bits per heavy atom. The van der Waals surface area contributed by atoms with Gasteiger partial charge in [0, 0.05) is 17.8 Å². The Kier molecular flexibility index (Phi) is 4.55. The molecule has 3 N–H and O–H groups in total. The molecule has 0 bridgehead atoms. The van der Waals surface area contributed by atoms with Crippen molar-refractivity contribution >= 4 is 33.3 Å². The Balaban J connectivity index is 1.88. The van der Waals surface area contributed by atoms with Gasteiger partial charge < -0.3 is 5.32 Å². The van der Waals surface area contributed by atoms with Crippen LogP contribution in [0.3, 0.4) is 0 Å². The summed E-state index contributed by atoms with van der Waals surface area (Å²) >= 11 is 0. The van der Waals surface area contributed by atoms with Crippen molar-refractivity contribution in [2.24, 2.45) is 0 Å². The summed E-state index contributed by atoms with van der Waals surface area (Å²) in [6, 6.07) is 8.84. The molecule has 2 aromatic rings. The third-order valence-electron chi connectivity index (χ3n) is 4.43. The number of sulfonamides is 1. The summed E-state index contributed by atoms with van der Waals surface area (Å²) in [6.07, 6.45) is 0. The molecule has 0 aliphatic carbocycles. The summed E-state index contributed by atoms with van der Waals surface area (Å²) in [4.78, 5) is 33.4. The number of carbonyl (C=O) groups excluding carboxylic acids is 2. The van der Waals surface area contributed by atoms with E-state index in [1.165, 1.54) is 50.2 Å². The predicted octanol–water partition coefficient (Wildman–Crippen LogP) is 1.76. The first kappa shape index (κ1) is 19.3. The van der Waals surface area contributed by atoms with Crippen molar-refractivity contribution in [1.29, 1.82) is 0 Å². The van der Waals surface area contributed by atoms with Gasteiger partial charge in [-0.25, -0.2) is 13.2 Å². The van der Waals surface area contributed by atoms with E-state index in [4.69, 9.17) is 0 Å². The molecule has 3 amide bonds. The van der Waals surface area contributed by atoms with E-state index >= 15 is 0 Å². The topological polar surface area (TPSA) is 148 Å². The molecular weight excluding hydrogens is 388 g/mol. The number of carbonyl (C=O) groups is 2. The number of aryl methyl sites for hydroxylation is 1. The van der Waals surface area contributed by atoms with Gasteiger partial charge in [-0.2, -0.15) is 0 Å². The second-order valence-electron chi connectivity index (χ2n) is 6.42. The fourth-order valence-electron chi connectivity index (χ4n) is 2.82. The summed E-state index contributed by atoms with van der Waals surface area (Å²) in [6.45, 7) is 3.06. The van der Waals surface area contributed by atoms with Crippen LogP contribution in [-0.2, 0) is 20.4 Å². The molecule has 2 aromatic carbocycles. The van der Waals surface area contributed by atoms with Crippen LogP contribution in [0.25, 0.3) is 0 Å². The quantitative estimate of drug-likeness (QED) is 0.393. The molecule has 0 unspecified atom stereocenters. The number of nitro groups is 1. The van der Waals surface area contributed by atoms with Gasteiger partial charge in [0.15, 0.2) is 0 Å². The van der Waals surface area contributed by atoms with Crippen molar-refractivity contribution in [2.45, 2.75) is 24.3 Å². The summed E-state index contributed by atoms with van der Waals surface area (Å²) in [7, 11) is -4.07. The van der Waals surface area contributed by atoms with Crippen molar-refractivity contribution in [3.05, 3.63) is 63.7 Å². The van der Waals surface area contributed by atoms with Crippen molar-refractivity contribution < 1.29 is 22.9 Å². The predicted molar refractivity (Wildman–Crippen MR) is 99.1 cm³/mol. The zero-order valence-corrected chi connectivity index (χ0v) is 15.7. The molecule has 28 heavy (non-hydrogen) atoms. The Labute approximate surface area is 160 Å².